The predicted molar refractivity (Wildman–Crippen MR) is 70.6 cm³/mol. The second kappa shape index (κ2) is 5.83. The molecule has 1 aromatic rings. The molecule has 2 amide bonds. The van der Waals surface area contributed by atoms with Crippen LogP contribution < -0.4 is 10.6 Å². The first kappa shape index (κ1) is 15.2. The Morgan fingerprint density at radius 2 is 2.11 bits per heavy atom. The van der Waals surface area contributed by atoms with Crippen LogP contribution >= 0.6 is 0 Å². The van der Waals surface area contributed by atoms with Gasteiger partial charge < -0.3 is 20.1 Å². The molecule has 1 heterocycles. The van der Waals surface area contributed by atoms with Gasteiger partial charge in [-0.2, -0.15) is 0 Å². The lowest BCUT2D eigenvalue weighted by molar-refractivity contribution is -0.138. The Bertz CT molecular complexity index is 467. The van der Waals surface area contributed by atoms with E-state index in [2.05, 4.69) is 15.8 Å². The Morgan fingerprint density at radius 3 is 2.58 bits per heavy atom. The number of nitrogens with zero attached hydrogens (tertiary/aromatic N) is 2. The van der Waals surface area contributed by atoms with Crippen molar-refractivity contribution < 1.29 is 14.1 Å². The number of hydrogen-bond donors (Lipinski definition) is 2. The van der Waals surface area contributed by atoms with Gasteiger partial charge in [0.25, 0.3) is 0 Å². The zero-order valence-electron chi connectivity index (χ0n) is 11.9. The second-order valence-electron chi connectivity index (χ2n) is 4.91. The van der Waals surface area contributed by atoms with Crippen LogP contribution in [0.2, 0.25) is 0 Å². The number of anilines is 1. The number of carbonyl (C=O) groups is 2. The molecule has 0 aromatic carbocycles. The van der Waals surface area contributed by atoms with Gasteiger partial charge in [0.2, 0.25) is 11.8 Å². The Labute approximate surface area is 112 Å². The fourth-order valence-corrected chi connectivity index (χ4v) is 1.48. The standard InChI is InChI=1S/C12H20N4O3/c1-8-6-9(15-19-8)14-10(17)7-16(5)11(18)12(2,3)13-4/h6,13H,7H2,1-5H3,(H,14,15,17). The van der Waals surface area contributed by atoms with Crippen LogP contribution in [0.3, 0.4) is 0 Å². The quantitative estimate of drug-likeness (QED) is 0.806. The summed E-state index contributed by atoms with van der Waals surface area (Å²) in [4.78, 5) is 25.1. The van der Waals surface area contributed by atoms with Gasteiger partial charge in [0.15, 0.2) is 5.82 Å². The SMILES string of the molecule is CNC(C)(C)C(=O)N(C)CC(=O)Nc1cc(C)on1. The molecule has 1 aromatic heterocycles. The lowest BCUT2D eigenvalue weighted by Crippen LogP contribution is -2.53. The third-order valence-electron chi connectivity index (χ3n) is 2.78. The van der Waals surface area contributed by atoms with Gasteiger partial charge in [0.1, 0.15) is 5.76 Å². The van der Waals surface area contributed by atoms with Crippen LogP contribution in [-0.2, 0) is 9.59 Å². The largest absolute Gasteiger partial charge is 0.360 e. The van der Waals surface area contributed by atoms with E-state index in [1.807, 2.05) is 0 Å². The Morgan fingerprint density at radius 1 is 1.47 bits per heavy atom. The molecule has 0 atom stereocenters. The third-order valence-corrected chi connectivity index (χ3v) is 2.78. The molecule has 1 rings (SSSR count). The molecule has 0 saturated heterocycles. The smallest absolute Gasteiger partial charge is 0.245 e. The summed E-state index contributed by atoms with van der Waals surface area (Å²) in [5, 5.41) is 9.11. The van der Waals surface area contributed by atoms with E-state index >= 15 is 0 Å². The first-order valence-electron chi connectivity index (χ1n) is 5.94. The molecule has 19 heavy (non-hydrogen) atoms. The topological polar surface area (TPSA) is 87.5 Å². The number of likely N-dealkylation sites (N-methyl/N-ethyl adjacent to an activating group) is 2. The van der Waals surface area contributed by atoms with E-state index in [0.717, 1.165) is 0 Å². The van der Waals surface area contributed by atoms with E-state index in [9.17, 15) is 9.59 Å². The Balaban J connectivity index is 2.55. The van der Waals surface area contributed by atoms with E-state index in [-0.39, 0.29) is 18.4 Å². The van der Waals surface area contributed by atoms with E-state index in [0.29, 0.717) is 11.6 Å². The van der Waals surface area contributed by atoms with E-state index in [1.54, 1.807) is 40.9 Å². The lowest BCUT2D eigenvalue weighted by Gasteiger charge is -2.28. The summed E-state index contributed by atoms with van der Waals surface area (Å²) < 4.78 is 4.83. The fraction of sp³-hybridized carbons (Fsp3) is 0.583. The third kappa shape index (κ3) is 4.06. The lowest BCUT2D eigenvalue weighted by atomic mass is 10.0. The number of carbonyl (C=O) groups excluding carboxylic acids is 2. The highest BCUT2D eigenvalue weighted by Crippen LogP contribution is 2.08. The van der Waals surface area contributed by atoms with E-state index in [4.69, 9.17) is 4.52 Å². The van der Waals surface area contributed by atoms with Gasteiger partial charge in [-0.1, -0.05) is 5.16 Å². The van der Waals surface area contributed by atoms with Gasteiger partial charge in [-0.3, -0.25) is 9.59 Å². The number of hydrogen-bond acceptors (Lipinski definition) is 5. The van der Waals surface area contributed by atoms with E-state index < -0.39 is 5.54 Å². The number of aromatic nitrogens is 1. The van der Waals surface area contributed by atoms with Gasteiger partial charge >= 0.3 is 0 Å². The summed E-state index contributed by atoms with van der Waals surface area (Å²) >= 11 is 0. The molecule has 0 fully saturated rings. The van der Waals surface area contributed by atoms with Gasteiger partial charge in [-0.05, 0) is 27.8 Å². The molecule has 7 nitrogen and oxygen atoms in total. The molecular formula is C12H20N4O3. The van der Waals surface area contributed by atoms with Gasteiger partial charge in [0, 0.05) is 13.1 Å². The van der Waals surface area contributed by atoms with Crippen LogP contribution in [0.1, 0.15) is 19.6 Å². The van der Waals surface area contributed by atoms with Crippen molar-refractivity contribution in [2.75, 3.05) is 26.0 Å². The van der Waals surface area contributed by atoms with Crippen molar-refractivity contribution in [1.29, 1.82) is 0 Å². The minimum atomic E-state index is -0.709. The summed E-state index contributed by atoms with van der Waals surface area (Å²) in [6, 6.07) is 1.61. The highest BCUT2D eigenvalue weighted by Gasteiger charge is 2.29. The zero-order valence-corrected chi connectivity index (χ0v) is 11.9. The maximum absolute atomic E-state index is 12.0. The normalized spacial score (nSPS) is 11.2. The average molecular weight is 268 g/mol. The van der Waals surface area contributed by atoms with E-state index in [1.165, 1.54) is 4.90 Å². The molecule has 0 spiro atoms. The zero-order chi connectivity index (χ0) is 14.6. The molecular weight excluding hydrogens is 248 g/mol. The van der Waals surface area contributed by atoms with Crippen molar-refractivity contribution in [3.05, 3.63) is 11.8 Å². The van der Waals surface area contributed by atoms with Crippen molar-refractivity contribution in [2.24, 2.45) is 0 Å². The number of amides is 2. The van der Waals surface area contributed by atoms with Crippen LogP contribution in [-0.4, -0.2) is 48.0 Å². The minimum Gasteiger partial charge on any atom is -0.360 e. The maximum Gasteiger partial charge on any atom is 0.245 e. The summed E-state index contributed by atoms with van der Waals surface area (Å²) in [6.07, 6.45) is 0. The summed E-state index contributed by atoms with van der Waals surface area (Å²) in [6.45, 7) is 5.19. The highest BCUT2D eigenvalue weighted by atomic mass is 16.5. The molecule has 0 radical (unpaired) electrons. The molecule has 0 aliphatic carbocycles. The summed E-state index contributed by atoms with van der Waals surface area (Å²) in [5.41, 5.74) is -0.709. The Kier molecular flexibility index (Phi) is 4.66. The molecule has 0 aliphatic rings. The minimum absolute atomic E-state index is 0.0458. The average Bonchev–Trinajstić information content (AvgIpc) is 2.73. The van der Waals surface area contributed by atoms with Crippen LogP contribution in [0.25, 0.3) is 0 Å². The van der Waals surface area contributed by atoms with Crippen LogP contribution in [0.15, 0.2) is 10.6 Å². The van der Waals surface area contributed by atoms with Crippen LogP contribution in [0, 0.1) is 6.92 Å². The summed E-state index contributed by atoms with van der Waals surface area (Å²) in [7, 11) is 3.28. The van der Waals surface area contributed by atoms with Crippen LogP contribution in [0.5, 0.6) is 0 Å². The molecule has 7 heteroatoms. The first-order chi connectivity index (χ1) is 8.76. The van der Waals surface area contributed by atoms with Crippen molar-refractivity contribution in [2.45, 2.75) is 26.3 Å². The number of nitrogens with one attached hydrogen (secondary N) is 2. The van der Waals surface area contributed by atoms with Crippen molar-refractivity contribution >= 4 is 17.6 Å². The number of aryl methyl sites for hydroxylation is 1. The van der Waals surface area contributed by atoms with Crippen molar-refractivity contribution in [3.8, 4) is 0 Å². The highest BCUT2D eigenvalue weighted by molar-refractivity contribution is 5.95. The predicted octanol–water partition coefficient (Wildman–Crippen LogP) is 0.378. The van der Waals surface area contributed by atoms with Gasteiger partial charge in [-0.25, -0.2) is 0 Å². The first-order valence-corrected chi connectivity index (χ1v) is 5.94. The maximum atomic E-state index is 12.0. The van der Waals surface area contributed by atoms with Gasteiger partial charge in [-0.15, -0.1) is 0 Å². The fourth-order valence-electron chi connectivity index (χ4n) is 1.48. The van der Waals surface area contributed by atoms with Crippen molar-refractivity contribution in [3.63, 3.8) is 0 Å². The van der Waals surface area contributed by atoms with Crippen LogP contribution in [0.4, 0.5) is 5.82 Å². The molecule has 0 unspecified atom stereocenters. The Hall–Kier alpha value is -1.89. The number of rotatable bonds is 5. The monoisotopic (exact) mass is 268 g/mol. The molecule has 0 aliphatic heterocycles. The second-order valence-corrected chi connectivity index (χ2v) is 4.91. The molecule has 0 saturated carbocycles. The molecule has 2 N–H and O–H groups in total. The van der Waals surface area contributed by atoms with Gasteiger partial charge in [0.05, 0.1) is 12.1 Å². The molecule has 0 bridgehead atoms. The molecule has 106 valence electrons. The van der Waals surface area contributed by atoms with Crippen molar-refractivity contribution in [1.82, 2.24) is 15.4 Å². The summed E-state index contributed by atoms with van der Waals surface area (Å²) in [5.74, 6) is 0.463.